The van der Waals surface area contributed by atoms with Crippen LogP contribution < -0.4 is 27.6 Å². The molecule has 119 heavy (non-hydrogen) atoms. The number of nitrogens with one attached hydrogen (secondary N) is 2. The number of aromatic nitrogens is 15. The SMILES string of the molecule is COC(=O)C1=CC=[C+]C1.COC(=O)CCCn1c(=O)c2cccn2c2cnccc21.COC(=O)c1cccn1-c1cnccc1[N+](=O)[O-].Cc1ccc(NC(=O)CCCn2c(=O)c3cccn3c3cnccc32)cc1.O=C(O)CCCn1c(=O)c2cccn2c2cnccc21.O=[N+]([O-])c1ccncc1F.O=c1[nH]c2ccncc2n2cccc12. The molecule has 0 bridgehead atoms. The van der Waals surface area contributed by atoms with Crippen LogP contribution >= 0.6 is 0 Å². The number of fused-ring (bicyclic) bond motifs is 12. The third kappa shape index (κ3) is 20.1. The van der Waals surface area contributed by atoms with Gasteiger partial charge in [-0.1, -0.05) is 17.7 Å². The van der Waals surface area contributed by atoms with E-state index in [-0.39, 0.29) is 63.6 Å². The third-order valence-electron chi connectivity index (χ3n) is 18.3. The molecule has 16 aromatic rings. The van der Waals surface area contributed by atoms with Crippen molar-refractivity contribution < 1.29 is 57.5 Å². The zero-order chi connectivity index (χ0) is 84.7. The lowest BCUT2D eigenvalue weighted by Crippen LogP contribution is -2.23. The summed E-state index contributed by atoms with van der Waals surface area (Å²) < 4.78 is 39.8. The van der Waals surface area contributed by atoms with Gasteiger partial charge in [0.2, 0.25) is 11.7 Å². The van der Waals surface area contributed by atoms with E-state index in [1.807, 2.05) is 106 Å². The van der Waals surface area contributed by atoms with Crippen LogP contribution in [0.25, 0.3) is 71.9 Å². The molecule has 1 aliphatic rings. The number of nitro groups is 2. The maximum atomic E-state index is 12.8. The Hall–Kier alpha value is -16.1. The fourth-order valence-corrected chi connectivity index (χ4v) is 12.6. The fraction of sp³-hybridized carbons (Fsp3) is 0.169. The first-order valence-corrected chi connectivity index (χ1v) is 36.4. The second kappa shape index (κ2) is 39.6. The smallest absolute Gasteiger partial charge is 0.357 e. The summed E-state index contributed by atoms with van der Waals surface area (Å²) in [7, 11) is 3.99. The minimum atomic E-state index is -0.910. The number of halogens is 1. The highest BCUT2D eigenvalue weighted by molar-refractivity contribution is 5.91. The number of benzene rings is 1. The van der Waals surface area contributed by atoms with E-state index in [9.17, 15) is 67.8 Å². The lowest BCUT2D eigenvalue weighted by atomic mass is 10.2. The van der Waals surface area contributed by atoms with E-state index in [1.54, 1.807) is 122 Å². The topological polar surface area (TPSA) is 430 Å². The van der Waals surface area contributed by atoms with Gasteiger partial charge in [-0.05, 0) is 123 Å². The predicted octanol–water partition coefficient (Wildman–Crippen LogP) is 11.2. The summed E-state index contributed by atoms with van der Waals surface area (Å²) in [6.07, 6.45) is 36.2. The summed E-state index contributed by atoms with van der Waals surface area (Å²) in [5, 5.41) is 32.5. The number of hydrogen-bond acceptors (Lipinski definition) is 22. The number of carbonyl (C=O) groups is 5. The molecular formula is C83H74FN18O17+. The molecule has 0 aliphatic heterocycles. The summed E-state index contributed by atoms with van der Waals surface area (Å²) in [5.74, 6) is -2.91. The number of esters is 3. The van der Waals surface area contributed by atoms with Crippen LogP contribution in [0.2, 0.25) is 0 Å². The highest BCUT2D eigenvalue weighted by Gasteiger charge is 2.22. The van der Waals surface area contributed by atoms with Crippen LogP contribution in [0.5, 0.6) is 0 Å². The number of aliphatic carboxylic acids is 1. The molecule has 0 saturated heterocycles. The molecular weight excluding hydrogens is 1540 g/mol. The molecule has 35 nitrogen and oxygen atoms in total. The van der Waals surface area contributed by atoms with Gasteiger partial charge in [0.05, 0.1) is 125 Å². The standard InChI is InChI=1S/C21H20N4O2.C15H15N3O3.C14H13N3O3.C11H9N3O4.C10H7N3O.C7H7O2.C5H3FN2O2/c1-15-6-8-16(9-7-15)23-20(26)5-3-13-25-17-10-11-22-14-19(17)24-12-2-4-18(24)21(25)27;1-21-14(19)5-3-9-18-11-6-7-16-10-13(11)17-8-2-4-12(17)15(18)20;18-13(19)4-2-8-17-10-5-6-15-9-12(10)16-7-1-3-11(16)14(17)20;1-18-11(15)9-3-2-6-13(9)10-7-12-5-4-8(10)14(16)17;14-10-8-2-1-5-13(8)9-6-11-4-3-7(9)12-10;1-9-7(8)6-4-2-3-5-6;6-4-3-7-2-1-5(4)8(9)10/h2,4,6-12,14H,3,5,13H2,1H3,(H,23,26);2,4,6-8,10H,3,5,9H2,1H3;1,3,5-7,9H,2,4,8H2,(H,18,19);2-7H,1H3;1-6H,(H,12,14);2,4H,5H2,1H3;1-3H/q;;;;;+1;. The predicted molar refractivity (Wildman–Crippen MR) is 436 cm³/mol. The Labute approximate surface area is 671 Å². The largest absolute Gasteiger partial charge is 0.481 e. The Bertz CT molecular complexity index is 6750. The Balaban J connectivity index is 0.000000139. The van der Waals surface area contributed by atoms with Crippen molar-refractivity contribution >= 4 is 113 Å². The van der Waals surface area contributed by atoms with E-state index in [2.05, 4.69) is 60.5 Å². The lowest BCUT2D eigenvalue weighted by Gasteiger charge is -2.12. The molecule has 1 aromatic carbocycles. The normalized spacial score (nSPS) is 11.1. The number of ether oxygens (including phenoxy) is 3. The van der Waals surface area contributed by atoms with Crippen LogP contribution in [-0.4, -0.2) is 137 Å². The molecule has 1 aliphatic carbocycles. The molecule has 15 aromatic heterocycles. The number of aryl methyl sites for hydroxylation is 4. The van der Waals surface area contributed by atoms with Crippen molar-refractivity contribution in [1.29, 1.82) is 0 Å². The number of H-pyrrole nitrogens is 1. The number of carboxylic acid groups (broad SMARTS) is 1. The molecule has 0 spiro atoms. The number of pyridine rings is 6. The Kier molecular flexibility index (Phi) is 27.9. The monoisotopic (exact) mass is 1610 g/mol. The van der Waals surface area contributed by atoms with Gasteiger partial charge in [0.15, 0.2) is 11.6 Å². The molecule has 604 valence electrons. The van der Waals surface area contributed by atoms with Crippen LogP contribution in [0.1, 0.15) is 61.0 Å². The van der Waals surface area contributed by atoms with E-state index in [0.717, 1.165) is 67.6 Å². The first-order valence-electron chi connectivity index (χ1n) is 36.4. The number of carboxylic acids is 1. The van der Waals surface area contributed by atoms with E-state index < -0.39 is 33.3 Å². The van der Waals surface area contributed by atoms with Crippen molar-refractivity contribution in [2.75, 3.05) is 26.6 Å². The second-order valence-corrected chi connectivity index (χ2v) is 25.8. The quantitative estimate of drug-likeness (QED) is 0.0236. The number of allylic oxidation sites excluding steroid dienone is 3. The summed E-state index contributed by atoms with van der Waals surface area (Å²) in [4.78, 5) is 152. The van der Waals surface area contributed by atoms with Gasteiger partial charge in [0, 0.05) is 125 Å². The maximum absolute atomic E-state index is 12.8. The van der Waals surface area contributed by atoms with Gasteiger partial charge >= 0.3 is 29.6 Å². The molecule has 0 saturated carbocycles. The number of aromatic amines is 1. The van der Waals surface area contributed by atoms with E-state index in [4.69, 9.17) is 5.11 Å². The second-order valence-electron chi connectivity index (χ2n) is 25.8. The van der Waals surface area contributed by atoms with Gasteiger partial charge in [-0.3, -0.25) is 83.7 Å². The van der Waals surface area contributed by atoms with Crippen LogP contribution in [0.3, 0.4) is 0 Å². The molecule has 0 fully saturated rings. The van der Waals surface area contributed by atoms with Crippen LogP contribution in [0.15, 0.2) is 264 Å². The van der Waals surface area contributed by atoms with Crippen molar-refractivity contribution in [1.82, 2.24) is 70.8 Å². The Morgan fingerprint density at radius 3 is 1.42 bits per heavy atom. The molecule has 36 heteroatoms. The van der Waals surface area contributed by atoms with Crippen molar-refractivity contribution in [3.05, 3.63) is 329 Å². The van der Waals surface area contributed by atoms with E-state index >= 15 is 0 Å². The zero-order valence-corrected chi connectivity index (χ0v) is 64.1. The lowest BCUT2D eigenvalue weighted by molar-refractivity contribution is -0.387. The van der Waals surface area contributed by atoms with E-state index in [1.165, 1.54) is 62.8 Å². The van der Waals surface area contributed by atoms with Gasteiger partial charge in [-0.15, -0.1) is 0 Å². The Morgan fingerprint density at radius 1 is 0.504 bits per heavy atom. The van der Waals surface area contributed by atoms with Gasteiger partial charge < -0.3 is 65.5 Å². The van der Waals surface area contributed by atoms with E-state index in [0.29, 0.717) is 85.8 Å². The minimum Gasteiger partial charge on any atom is -0.481 e. The number of amides is 1. The number of methoxy groups -OCH3 is 3. The summed E-state index contributed by atoms with van der Waals surface area (Å²) in [6.45, 7) is 3.33. The highest BCUT2D eigenvalue weighted by Crippen LogP contribution is 2.25. The number of nitrogens with zero attached hydrogens (tertiary/aromatic N) is 16. The average Bonchev–Trinajstić information content (AvgIpc) is 1.72. The minimum absolute atomic E-state index is 0.0468. The number of carbonyl (C=O) groups excluding carboxylic acids is 4. The summed E-state index contributed by atoms with van der Waals surface area (Å²) >= 11 is 0. The molecule has 1 amide bonds. The van der Waals surface area contributed by atoms with Gasteiger partial charge in [0.25, 0.3) is 27.9 Å². The Morgan fingerprint density at radius 2 is 0.950 bits per heavy atom. The van der Waals surface area contributed by atoms with Crippen molar-refractivity contribution in [3.63, 3.8) is 0 Å². The molecule has 0 unspecified atom stereocenters. The first-order chi connectivity index (χ1) is 57.6. The zero-order valence-electron chi connectivity index (χ0n) is 64.1. The maximum Gasteiger partial charge on any atom is 0.357 e. The van der Waals surface area contributed by atoms with Crippen molar-refractivity contribution in [2.24, 2.45) is 0 Å². The summed E-state index contributed by atoms with van der Waals surface area (Å²) in [6, 6.07) is 34.8. The fourth-order valence-electron chi connectivity index (χ4n) is 12.6. The molecule has 0 radical (unpaired) electrons. The van der Waals surface area contributed by atoms with Gasteiger partial charge in [-0.2, -0.15) is 4.39 Å². The van der Waals surface area contributed by atoms with Gasteiger partial charge in [-0.25, -0.2) is 9.59 Å². The molecule has 17 rings (SSSR count). The van der Waals surface area contributed by atoms with Gasteiger partial charge in [0.1, 0.15) is 39.9 Å². The number of rotatable bonds is 18. The molecule has 15 heterocycles. The van der Waals surface area contributed by atoms with Crippen LogP contribution in [0, 0.1) is 39.0 Å². The average molecular weight is 1610 g/mol. The molecule has 0 atom stereocenters. The third-order valence-corrected chi connectivity index (χ3v) is 18.3. The number of hydrogen-bond donors (Lipinski definition) is 3. The first kappa shape index (κ1) is 83.8. The van der Waals surface area contributed by atoms with Crippen molar-refractivity contribution in [2.45, 2.75) is 71.5 Å². The van der Waals surface area contributed by atoms with Crippen LogP contribution in [-0.2, 0) is 53.0 Å². The summed E-state index contributed by atoms with van der Waals surface area (Å²) in [5.41, 5.74) is 11.2. The number of anilines is 1. The van der Waals surface area contributed by atoms with Crippen LogP contribution in [0.4, 0.5) is 21.5 Å². The highest BCUT2D eigenvalue weighted by atomic mass is 19.1. The van der Waals surface area contributed by atoms with Crippen molar-refractivity contribution in [3.8, 4) is 5.69 Å². The molecule has 3 N–H and O–H groups in total.